The Kier molecular flexibility index (Phi) is 4.86. The van der Waals surface area contributed by atoms with Gasteiger partial charge in [-0.3, -0.25) is 4.79 Å². The van der Waals surface area contributed by atoms with E-state index in [9.17, 15) is 13.2 Å². The van der Waals surface area contributed by atoms with Gasteiger partial charge in [-0.2, -0.15) is 0 Å². The molecule has 1 saturated carbocycles. The first-order valence-electron chi connectivity index (χ1n) is 9.13. The van der Waals surface area contributed by atoms with Gasteiger partial charge in [0.05, 0.1) is 0 Å². The minimum Gasteiger partial charge on any atom is -0.441 e. The number of rotatable bonds is 5. The average molecular weight is 434 g/mol. The lowest BCUT2D eigenvalue weighted by Gasteiger charge is -2.45. The Balaban J connectivity index is 1.38. The molecule has 0 radical (unpaired) electrons. The number of hydrogen-bond acceptors (Lipinski definition) is 6. The number of hydrogen-bond donors (Lipinski definition) is 1. The molecule has 152 valence electrons. The quantitative estimate of drug-likeness (QED) is 0.661. The lowest BCUT2D eigenvalue weighted by Crippen LogP contribution is -2.50. The smallest absolute Gasteiger partial charge is 0.251 e. The molecule has 1 fully saturated rings. The molecule has 9 heteroatoms. The van der Waals surface area contributed by atoms with Crippen molar-refractivity contribution in [3.63, 3.8) is 0 Å². The molecule has 0 bridgehead atoms. The number of fused-ring (bicyclic) bond motifs is 1. The van der Waals surface area contributed by atoms with Crippen LogP contribution in [-0.2, 0) is 16.3 Å². The Morgan fingerprint density at radius 2 is 2.07 bits per heavy atom. The van der Waals surface area contributed by atoms with E-state index in [4.69, 9.17) is 16.0 Å². The second kappa shape index (κ2) is 7.11. The zero-order valence-corrected chi connectivity index (χ0v) is 17.5. The highest BCUT2D eigenvalue weighted by atomic mass is 35.5. The van der Waals surface area contributed by atoms with Crippen LogP contribution in [0.3, 0.4) is 0 Å². The summed E-state index contributed by atoms with van der Waals surface area (Å²) in [5.41, 5.74) is 1.69. The minimum atomic E-state index is -3.46. The Hall–Kier alpha value is -2.45. The Morgan fingerprint density at radius 1 is 1.31 bits per heavy atom. The molecule has 29 heavy (non-hydrogen) atoms. The van der Waals surface area contributed by atoms with E-state index in [2.05, 4.69) is 22.2 Å². The molecule has 1 aromatic carbocycles. The summed E-state index contributed by atoms with van der Waals surface area (Å²) in [5, 5.41) is 3.46. The van der Waals surface area contributed by atoms with E-state index in [0.29, 0.717) is 22.9 Å². The molecule has 0 aliphatic heterocycles. The molecule has 0 unspecified atom stereocenters. The van der Waals surface area contributed by atoms with Gasteiger partial charge >= 0.3 is 0 Å². The largest absolute Gasteiger partial charge is 0.441 e. The lowest BCUT2D eigenvalue weighted by molar-refractivity contribution is 0.0723. The monoisotopic (exact) mass is 433 g/mol. The summed E-state index contributed by atoms with van der Waals surface area (Å²) in [7, 11) is -3.46. The number of carbonyl (C=O) groups excluding carboxylic acids is 1. The number of pyridine rings is 1. The van der Waals surface area contributed by atoms with Crippen LogP contribution in [0.4, 0.5) is 0 Å². The average Bonchev–Trinajstić information content (AvgIpc) is 3.00. The van der Waals surface area contributed by atoms with E-state index in [1.165, 1.54) is 18.3 Å². The normalized spacial score (nSPS) is 21.7. The van der Waals surface area contributed by atoms with Crippen molar-refractivity contribution in [1.82, 2.24) is 15.3 Å². The fraction of sp³-hybridized carbons (Fsp3) is 0.350. The first-order chi connectivity index (χ1) is 13.6. The second-order valence-corrected chi connectivity index (χ2v) is 10.3. The van der Waals surface area contributed by atoms with Crippen molar-refractivity contribution in [2.45, 2.75) is 37.3 Å². The van der Waals surface area contributed by atoms with Gasteiger partial charge in [-0.1, -0.05) is 18.5 Å². The maximum atomic E-state index is 12.5. The number of halogens is 1. The second-order valence-electron chi connectivity index (χ2n) is 7.94. The molecule has 3 aromatic rings. The number of aromatic nitrogens is 2. The van der Waals surface area contributed by atoms with Gasteiger partial charge in [-0.25, -0.2) is 18.4 Å². The van der Waals surface area contributed by atoms with Gasteiger partial charge in [0.1, 0.15) is 5.52 Å². The van der Waals surface area contributed by atoms with Crippen molar-refractivity contribution in [2.75, 3.05) is 6.26 Å². The van der Waals surface area contributed by atoms with Crippen LogP contribution in [0.1, 0.15) is 36.0 Å². The Bertz CT molecular complexity index is 1200. The fourth-order valence-electron chi connectivity index (χ4n) is 3.79. The molecular formula is C20H20ClN3O4S. The van der Waals surface area contributed by atoms with E-state index in [0.717, 1.165) is 24.6 Å². The molecule has 0 spiro atoms. The summed E-state index contributed by atoms with van der Waals surface area (Å²) < 4.78 is 29.1. The number of sulfone groups is 1. The van der Waals surface area contributed by atoms with Crippen LogP contribution in [0.15, 0.2) is 46.0 Å². The lowest BCUT2D eigenvalue weighted by atomic mass is 9.65. The summed E-state index contributed by atoms with van der Waals surface area (Å²) >= 11 is 5.99. The Morgan fingerprint density at radius 3 is 2.79 bits per heavy atom. The molecule has 2 aromatic heterocycles. The Labute approximate surface area is 173 Å². The van der Waals surface area contributed by atoms with E-state index in [-0.39, 0.29) is 28.0 Å². The van der Waals surface area contributed by atoms with Crippen molar-refractivity contribution >= 4 is 38.4 Å². The van der Waals surface area contributed by atoms with Crippen molar-refractivity contribution < 1.29 is 17.6 Å². The fourth-order valence-corrected chi connectivity index (χ4v) is 4.55. The molecule has 2 heterocycles. The topological polar surface area (TPSA) is 102 Å². The van der Waals surface area contributed by atoms with Crippen LogP contribution in [-0.4, -0.2) is 36.6 Å². The highest BCUT2D eigenvalue weighted by molar-refractivity contribution is 7.90. The molecular weight excluding hydrogens is 414 g/mol. The van der Waals surface area contributed by atoms with Crippen LogP contribution >= 0.6 is 11.6 Å². The molecule has 1 amide bonds. The maximum Gasteiger partial charge on any atom is 0.251 e. The van der Waals surface area contributed by atoms with Gasteiger partial charge in [0.25, 0.3) is 5.91 Å². The number of carbonyl (C=O) groups is 1. The standard InChI is InChI=1S/C20H20ClN3O4S/c1-20(11-17-24-15-8-13(21)3-4-16(15)28-17)9-14(10-20)23-19(25)12-5-6-22-18(7-12)29(2,26)27/h3-8,14H,9-11H2,1-2H3,(H,23,25)/t14-,20+. The van der Waals surface area contributed by atoms with Gasteiger partial charge in [-0.05, 0) is 48.6 Å². The molecule has 0 saturated heterocycles. The summed E-state index contributed by atoms with van der Waals surface area (Å²) in [6.07, 6.45) is 4.62. The van der Waals surface area contributed by atoms with E-state index < -0.39 is 9.84 Å². The number of nitrogens with zero attached hydrogens (tertiary/aromatic N) is 2. The number of oxazole rings is 1. The molecule has 1 aliphatic carbocycles. The highest BCUT2D eigenvalue weighted by Gasteiger charge is 2.42. The summed E-state index contributed by atoms with van der Waals surface area (Å²) in [5.74, 6) is 0.349. The van der Waals surface area contributed by atoms with Crippen molar-refractivity contribution in [3.05, 3.63) is 53.0 Å². The highest BCUT2D eigenvalue weighted by Crippen LogP contribution is 2.43. The summed E-state index contributed by atoms with van der Waals surface area (Å²) in [6.45, 7) is 2.13. The van der Waals surface area contributed by atoms with Crippen molar-refractivity contribution in [2.24, 2.45) is 5.41 Å². The molecule has 7 nitrogen and oxygen atoms in total. The SMILES string of the molecule is CS(=O)(=O)c1cc(C(=O)N[C@H]2C[C@@](C)(Cc3nc4cc(Cl)ccc4o3)C2)ccn1. The molecule has 1 N–H and O–H groups in total. The zero-order valence-electron chi connectivity index (χ0n) is 16.0. The van der Waals surface area contributed by atoms with Gasteiger partial charge in [0.2, 0.25) is 0 Å². The van der Waals surface area contributed by atoms with Crippen LogP contribution in [0.2, 0.25) is 5.02 Å². The predicted octanol–water partition coefficient (Wildman–Crippen LogP) is 3.42. The van der Waals surface area contributed by atoms with E-state index >= 15 is 0 Å². The molecule has 4 rings (SSSR count). The number of benzene rings is 1. The van der Waals surface area contributed by atoms with Crippen molar-refractivity contribution in [3.8, 4) is 0 Å². The van der Waals surface area contributed by atoms with Crippen LogP contribution < -0.4 is 5.32 Å². The zero-order chi connectivity index (χ0) is 20.8. The summed E-state index contributed by atoms with van der Waals surface area (Å²) in [6, 6.07) is 8.16. The maximum absolute atomic E-state index is 12.5. The van der Waals surface area contributed by atoms with Crippen molar-refractivity contribution in [1.29, 1.82) is 0 Å². The number of amides is 1. The minimum absolute atomic E-state index is 0.0150. The first-order valence-corrected chi connectivity index (χ1v) is 11.4. The molecule has 1 aliphatic rings. The third-order valence-electron chi connectivity index (χ3n) is 5.16. The van der Waals surface area contributed by atoms with Gasteiger partial charge < -0.3 is 9.73 Å². The summed E-state index contributed by atoms with van der Waals surface area (Å²) in [4.78, 5) is 20.8. The van der Waals surface area contributed by atoms with Crippen LogP contribution in [0, 0.1) is 5.41 Å². The van der Waals surface area contributed by atoms with E-state index in [1.54, 1.807) is 18.2 Å². The number of nitrogens with one attached hydrogen (secondary N) is 1. The third kappa shape index (κ3) is 4.28. The van der Waals surface area contributed by atoms with Crippen LogP contribution in [0.5, 0.6) is 0 Å². The predicted molar refractivity (Wildman–Crippen MR) is 109 cm³/mol. The first kappa shape index (κ1) is 19.8. The van der Waals surface area contributed by atoms with Gasteiger partial charge in [0.15, 0.2) is 26.3 Å². The van der Waals surface area contributed by atoms with E-state index in [1.807, 2.05) is 0 Å². The van der Waals surface area contributed by atoms with Gasteiger partial charge in [-0.15, -0.1) is 0 Å². The molecule has 0 atom stereocenters. The van der Waals surface area contributed by atoms with Crippen LogP contribution in [0.25, 0.3) is 11.1 Å². The third-order valence-corrected chi connectivity index (χ3v) is 6.38. The van der Waals surface area contributed by atoms with Gasteiger partial charge in [0, 0.05) is 35.5 Å².